The first-order chi connectivity index (χ1) is 7.88. The fourth-order valence-corrected chi connectivity index (χ4v) is 1.35. The van der Waals surface area contributed by atoms with Crippen LogP contribution < -0.4 is 16.0 Å². The lowest BCUT2D eigenvalue weighted by molar-refractivity contribution is -0.130. The molecule has 0 aliphatic rings. The average Bonchev–Trinajstić information content (AvgIpc) is 2.27. The Balaban J connectivity index is 2.77. The van der Waals surface area contributed by atoms with Gasteiger partial charge in [-0.3, -0.25) is 10.2 Å². The van der Waals surface area contributed by atoms with E-state index in [-0.39, 0.29) is 17.4 Å². The topological polar surface area (TPSA) is 64.3 Å². The number of nitrogens with one attached hydrogen (secondary N) is 1. The predicted molar refractivity (Wildman–Crippen MR) is 63.0 cm³/mol. The predicted octanol–water partition coefficient (Wildman–Crippen LogP) is 1.87. The van der Waals surface area contributed by atoms with E-state index in [9.17, 15) is 9.18 Å². The number of hydrogen-bond donors (Lipinski definition) is 2. The third-order valence-electron chi connectivity index (χ3n) is 2.24. The van der Waals surface area contributed by atoms with Crippen LogP contribution in [0.25, 0.3) is 0 Å². The van der Waals surface area contributed by atoms with Crippen molar-refractivity contribution in [3.63, 3.8) is 0 Å². The molecule has 0 fully saturated rings. The maximum absolute atomic E-state index is 13.4. The number of para-hydroxylation sites is 1. The monoisotopic (exact) mass is 260 g/mol. The highest BCUT2D eigenvalue weighted by molar-refractivity contribution is 6.32. The summed E-state index contributed by atoms with van der Waals surface area (Å²) in [5.41, 5.74) is 1.15. The Bertz CT molecular complexity index is 404. The molecule has 4 nitrogen and oxygen atoms in total. The van der Waals surface area contributed by atoms with E-state index in [1.807, 2.05) is 5.43 Å². The summed E-state index contributed by atoms with van der Waals surface area (Å²) in [6.45, 7) is 3.23. The van der Waals surface area contributed by atoms with E-state index in [2.05, 4.69) is 0 Å². The normalized spacial score (nSPS) is 11.1. The van der Waals surface area contributed by atoms with Gasteiger partial charge >= 0.3 is 0 Å². The zero-order valence-electron chi connectivity index (χ0n) is 9.59. The molecule has 0 spiro atoms. The fraction of sp³-hybridized carbons (Fsp3) is 0.364. The molecule has 1 amide bonds. The van der Waals surface area contributed by atoms with Gasteiger partial charge in [-0.15, -0.1) is 0 Å². The third kappa shape index (κ3) is 3.31. The van der Waals surface area contributed by atoms with Gasteiger partial charge in [0.2, 0.25) is 5.91 Å². The molecule has 0 radical (unpaired) electrons. The first-order valence-corrected chi connectivity index (χ1v) is 5.34. The average molecular weight is 261 g/mol. The number of halogens is 2. The SMILES string of the molecule is CC(C)(COc1c(F)cccc1Cl)C(=O)NN. The summed E-state index contributed by atoms with van der Waals surface area (Å²) in [6, 6.07) is 4.22. The molecular formula is C11H14ClFN2O2. The van der Waals surface area contributed by atoms with Crippen molar-refractivity contribution < 1.29 is 13.9 Å². The van der Waals surface area contributed by atoms with Crippen molar-refractivity contribution in [2.45, 2.75) is 13.8 Å². The zero-order valence-corrected chi connectivity index (χ0v) is 10.3. The summed E-state index contributed by atoms with van der Waals surface area (Å²) in [5, 5.41) is 0.161. The van der Waals surface area contributed by atoms with E-state index in [4.69, 9.17) is 22.2 Å². The highest BCUT2D eigenvalue weighted by Gasteiger charge is 2.28. The van der Waals surface area contributed by atoms with Crippen molar-refractivity contribution >= 4 is 17.5 Å². The van der Waals surface area contributed by atoms with Gasteiger partial charge in [0.25, 0.3) is 0 Å². The lowest BCUT2D eigenvalue weighted by Gasteiger charge is -2.22. The van der Waals surface area contributed by atoms with Crippen molar-refractivity contribution in [1.29, 1.82) is 0 Å². The number of carbonyl (C=O) groups excluding carboxylic acids is 1. The standard InChI is InChI=1S/C11H14ClFN2O2/c1-11(2,10(16)15-14)6-17-9-7(12)4-3-5-8(9)13/h3-5H,6,14H2,1-2H3,(H,15,16). The lowest BCUT2D eigenvalue weighted by Crippen LogP contribution is -2.44. The van der Waals surface area contributed by atoms with Gasteiger partial charge in [-0.2, -0.15) is 0 Å². The van der Waals surface area contributed by atoms with Crippen molar-refractivity contribution in [2.75, 3.05) is 6.61 Å². The molecule has 0 bridgehead atoms. The van der Waals surface area contributed by atoms with E-state index in [0.29, 0.717) is 0 Å². The minimum Gasteiger partial charge on any atom is -0.488 e. The Labute approximate surface area is 104 Å². The van der Waals surface area contributed by atoms with Crippen molar-refractivity contribution in [3.05, 3.63) is 29.0 Å². The van der Waals surface area contributed by atoms with Gasteiger partial charge in [-0.05, 0) is 26.0 Å². The molecule has 1 rings (SSSR count). The van der Waals surface area contributed by atoms with Crippen LogP contribution in [0.3, 0.4) is 0 Å². The van der Waals surface area contributed by atoms with Crippen LogP contribution in [0.2, 0.25) is 5.02 Å². The summed E-state index contributed by atoms with van der Waals surface area (Å²) < 4.78 is 18.6. The van der Waals surface area contributed by atoms with E-state index in [1.165, 1.54) is 18.2 Å². The number of carbonyl (C=O) groups is 1. The summed E-state index contributed by atoms with van der Waals surface area (Å²) in [6.07, 6.45) is 0. The second-order valence-electron chi connectivity index (χ2n) is 4.20. The maximum Gasteiger partial charge on any atom is 0.242 e. The molecule has 0 aromatic heterocycles. The number of hydrazine groups is 1. The molecule has 94 valence electrons. The van der Waals surface area contributed by atoms with Gasteiger partial charge in [-0.25, -0.2) is 10.2 Å². The van der Waals surface area contributed by atoms with Crippen LogP contribution in [0.5, 0.6) is 5.75 Å². The quantitative estimate of drug-likeness (QED) is 0.494. The highest BCUT2D eigenvalue weighted by atomic mass is 35.5. The van der Waals surface area contributed by atoms with Gasteiger partial charge in [0, 0.05) is 0 Å². The van der Waals surface area contributed by atoms with Crippen LogP contribution in [-0.4, -0.2) is 12.5 Å². The Hall–Kier alpha value is -1.33. The maximum atomic E-state index is 13.4. The minimum atomic E-state index is -0.875. The first kappa shape index (κ1) is 13.7. The van der Waals surface area contributed by atoms with Crippen molar-refractivity contribution in [2.24, 2.45) is 11.3 Å². The third-order valence-corrected chi connectivity index (χ3v) is 2.54. The van der Waals surface area contributed by atoms with Crippen LogP contribution >= 0.6 is 11.6 Å². The molecule has 17 heavy (non-hydrogen) atoms. The number of hydrogen-bond acceptors (Lipinski definition) is 3. The van der Waals surface area contributed by atoms with Crippen LogP contribution in [0.15, 0.2) is 18.2 Å². The van der Waals surface area contributed by atoms with Crippen molar-refractivity contribution in [3.8, 4) is 5.75 Å². The Morgan fingerprint density at radius 1 is 1.59 bits per heavy atom. The molecule has 1 aromatic rings. The van der Waals surface area contributed by atoms with Gasteiger partial charge in [0.05, 0.1) is 10.4 Å². The van der Waals surface area contributed by atoms with Crippen LogP contribution in [0.1, 0.15) is 13.8 Å². The molecular weight excluding hydrogens is 247 g/mol. The smallest absolute Gasteiger partial charge is 0.242 e. The molecule has 0 aliphatic carbocycles. The summed E-state index contributed by atoms with van der Waals surface area (Å²) in [7, 11) is 0. The molecule has 0 saturated carbocycles. The zero-order chi connectivity index (χ0) is 13.1. The highest BCUT2D eigenvalue weighted by Crippen LogP contribution is 2.29. The van der Waals surface area contributed by atoms with E-state index in [1.54, 1.807) is 13.8 Å². The second-order valence-corrected chi connectivity index (χ2v) is 4.60. The number of nitrogens with two attached hydrogens (primary N) is 1. The van der Waals surface area contributed by atoms with Gasteiger partial charge in [0.1, 0.15) is 6.61 Å². The Morgan fingerprint density at radius 2 is 2.24 bits per heavy atom. The molecule has 0 unspecified atom stereocenters. The summed E-state index contributed by atoms with van der Waals surface area (Å²) in [5.74, 6) is 4.00. The fourth-order valence-electron chi connectivity index (χ4n) is 1.13. The minimum absolute atomic E-state index is 0.0311. The van der Waals surface area contributed by atoms with Crippen LogP contribution in [-0.2, 0) is 4.79 Å². The molecule has 0 aliphatic heterocycles. The molecule has 6 heteroatoms. The van der Waals surface area contributed by atoms with Crippen LogP contribution in [0.4, 0.5) is 4.39 Å². The van der Waals surface area contributed by atoms with Gasteiger partial charge < -0.3 is 4.74 Å². The number of benzene rings is 1. The van der Waals surface area contributed by atoms with Gasteiger partial charge in [0.15, 0.2) is 11.6 Å². The lowest BCUT2D eigenvalue weighted by atomic mass is 9.94. The molecule has 0 atom stereocenters. The number of ether oxygens (including phenoxy) is 1. The Morgan fingerprint density at radius 3 is 2.76 bits per heavy atom. The summed E-state index contributed by atoms with van der Waals surface area (Å²) in [4.78, 5) is 11.4. The largest absolute Gasteiger partial charge is 0.488 e. The van der Waals surface area contributed by atoms with Crippen molar-refractivity contribution in [1.82, 2.24) is 5.43 Å². The van der Waals surface area contributed by atoms with Gasteiger partial charge in [-0.1, -0.05) is 17.7 Å². The molecule has 1 aromatic carbocycles. The molecule has 0 heterocycles. The molecule has 0 saturated heterocycles. The number of rotatable bonds is 4. The van der Waals surface area contributed by atoms with Crippen LogP contribution in [0, 0.1) is 11.2 Å². The van der Waals surface area contributed by atoms with E-state index >= 15 is 0 Å². The second kappa shape index (κ2) is 5.33. The summed E-state index contributed by atoms with van der Waals surface area (Å²) >= 11 is 5.78. The Kier molecular flexibility index (Phi) is 4.31. The first-order valence-electron chi connectivity index (χ1n) is 4.96. The number of amides is 1. The van der Waals surface area contributed by atoms with E-state index < -0.39 is 17.1 Å². The van der Waals surface area contributed by atoms with E-state index in [0.717, 1.165) is 0 Å². The molecule has 3 N–H and O–H groups in total.